The summed E-state index contributed by atoms with van der Waals surface area (Å²) in [4.78, 5) is 11.2. The zero-order valence-corrected chi connectivity index (χ0v) is 28.0. The van der Waals surface area contributed by atoms with Crippen molar-refractivity contribution in [2.75, 3.05) is 5.32 Å². The highest BCUT2D eigenvalue weighted by Crippen LogP contribution is 2.44. The number of nitrogens with zero attached hydrogens (tertiary/aromatic N) is 4. The van der Waals surface area contributed by atoms with Crippen molar-refractivity contribution in [3.63, 3.8) is 0 Å². The van der Waals surface area contributed by atoms with Crippen LogP contribution in [0.5, 0.6) is 5.75 Å². The molecule has 0 fully saturated rings. The first kappa shape index (κ1) is 34.0. The molecule has 0 aliphatic rings. The van der Waals surface area contributed by atoms with Crippen LogP contribution in [0, 0.1) is 20.8 Å². The van der Waals surface area contributed by atoms with E-state index in [2.05, 4.69) is 25.8 Å². The summed E-state index contributed by atoms with van der Waals surface area (Å²) in [5.74, 6) is -1.13. The molecule has 14 heteroatoms. The van der Waals surface area contributed by atoms with Gasteiger partial charge in [-0.3, -0.25) is 9.35 Å². The number of carbonyl (C=O) groups is 1. The summed E-state index contributed by atoms with van der Waals surface area (Å²) in [6.07, 6.45) is 0. The van der Waals surface area contributed by atoms with E-state index in [0.29, 0.717) is 33.8 Å². The van der Waals surface area contributed by atoms with Crippen molar-refractivity contribution in [2.24, 2.45) is 20.5 Å². The predicted molar refractivity (Wildman–Crippen MR) is 183 cm³/mol. The highest BCUT2D eigenvalue weighted by Gasteiger charge is 2.24. The van der Waals surface area contributed by atoms with E-state index in [1.54, 1.807) is 56.3 Å². The van der Waals surface area contributed by atoms with Crippen molar-refractivity contribution < 1.29 is 31.3 Å². The summed E-state index contributed by atoms with van der Waals surface area (Å²) in [6, 6.07) is 22.5. The van der Waals surface area contributed by atoms with Crippen LogP contribution in [-0.2, 0) is 30.5 Å². The number of rotatable bonds is 9. The summed E-state index contributed by atoms with van der Waals surface area (Å²) >= 11 is 0. The zero-order chi connectivity index (χ0) is 34.8. The lowest BCUT2D eigenvalue weighted by molar-refractivity contribution is -0.114. The van der Waals surface area contributed by atoms with Crippen LogP contribution in [0.1, 0.15) is 29.2 Å². The van der Waals surface area contributed by atoms with Crippen molar-refractivity contribution in [3.8, 4) is 5.75 Å². The number of anilines is 1. The summed E-state index contributed by atoms with van der Waals surface area (Å²) in [5, 5.41) is 30.8. The minimum Gasteiger partial charge on any atom is -0.505 e. The first-order valence-corrected chi connectivity index (χ1v) is 17.6. The second kappa shape index (κ2) is 13.4. The van der Waals surface area contributed by atoms with Gasteiger partial charge in [0.2, 0.25) is 5.91 Å². The van der Waals surface area contributed by atoms with E-state index in [-0.39, 0.29) is 27.1 Å². The fraction of sp³-hybridized carbons (Fsp3) is 0.147. The molecule has 0 atom stereocenters. The number of fused-ring (bicyclic) bond motifs is 1. The smallest absolute Gasteiger partial charge is 0.296 e. The third kappa shape index (κ3) is 7.62. The normalized spacial score (nSPS) is 12.3. The maximum Gasteiger partial charge on any atom is 0.296 e. The first-order chi connectivity index (χ1) is 22.6. The molecule has 0 saturated heterocycles. The van der Waals surface area contributed by atoms with Crippen LogP contribution in [0.3, 0.4) is 0 Å². The molecule has 5 aromatic carbocycles. The molecule has 246 valence electrons. The number of amides is 1. The molecule has 1 amide bonds. The van der Waals surface area contributed by atoms with Gasteiger partial charge in [0.25, 0.3) is 10.1 Å². The number of carbonyl (C=O) groups excluding carboxylic acids is 1. The van der Waals surface area contributed by atoms with Crippen LogP contribution in [0.2, 0.25) is 0 Å². The van der Waals surface area contributed by atoms with Crippen LogP contribution in [0.25, 0.3) is 10.8 Å². The van der Waals surface area contributed by atoms with Gasteiger partial charge < -0.3 is 10.4 Å². The topological polar surface area (TPSA) is 187 Å². The number of hydrogen-bond donors (Lipinski definition) is 3. The Morgan fingerprint density at radius 3 is 1.96 bits per heavy atom. The molecule has 0 aliphatic heterocycles. The molecule has 0 aliphatic carbocycles. The minimum atomic E-state index is -4.84. The molecule has 0 spiro atoms. The summed E-state index contributed by atoms with van der Waals surface area (Å²) < 4.78 is 60.2. The van der Waals surface area contributed by atoms with Crippen molar-refractivity contribution in [3.05, 3.63) is 107 Å². The van der Waals surface area contributed by atoms with Gasteiger partial charge in [0.1, 0.15) is 10.6 Å². The Morgan fingerprint density at radius 1 is 0.771 bits per heavy atom. The molecule has 0 radical (unpaired) electrons. The molecule has 0 unspecified atom stereocenters. The molecule has 0 saturated carbocycles. The molecule has 3 N–H and O–H groups in total. The number of azo groups is 2. The van der Waals surface area contributed by atoms with Crippen molar-refractivity contribution in [1.82, 2.24) is 0 Å². The molecule has 48 heavy (non-hydrogen) atoms. The Bertz CT molecular complexity index is 2340. The van der Waals surface area contributed by atoms with Crippen LogP contribution in [-0.4, -0.2) is 32.4 Å². The number of phenols is 1. The summed E-state index contributed by atoms with van der Waals surface area (Å²) in [7, 11) is -8.39. The zero-order valence-electron chi connectivity index (χ0n) is 26.3. The van der Waals surface area contributed by atoms with Gasteiger partial charge in [-0.15, -0.1) is 5.11 Å². The first-order valence-electron chi connectivity index (χ1n) is 14.5. The molecular weight excluding hydrogens is 655 g/mol. The van der Waals surface area contributed by atoms with Gasteiger partial charge in [0.15, 0.2) is 15.6 Å². The van der Waals surface area contributed by atoms with Crippen LogP contribution in [0.4, 0.5) is 28.4 Å². The lowest BCUT2D eigenvalue weighted by Gasteiger charge is -2.13. The number of benzene rings is 5. The SMILES string of the molecule is CC(=O)Nc1cccc2cc(S(=O)(=O)O)c(N=Nc3cc(C)c(N=Nc4ccc(S(=O)(=O)Cc5ccc(C)cc5)cc4)cc3C)c(O)c12. The Kier molecular flexibility index (Phi) is 9.52. The molecule has 0 aromatic heterocycles. The van der Waals surface area contributed by atoms with Crippen LogP contribution in [0.15, 0.2) is 115 Å². The molecule has 0 heterocycles. The van der Waals surface area contributed by atoms with E-state index in [1.165, 1.54) is 31.2 Å². The standard InChI is InChI=1S/C34H31N5O7S2/c1-20-8-10-24(11-9-20)19-47(42,43)27-14-12-26(13-15-27)36-37-29-16-22(3)30(17-21(29)2)38-39-33-31(48(44,45)46)18-25-6-5-7-28(35-23(4)40)32(25)34(33)41/h5-18,41H,19H2,1-4H3,(H,35,40)(H,44,45,46). The summed E-state index contributed by atoms with van der Waals surface area (Å²) in [5.41, 5.74) is 3.94. The Labute approximate surface area is 277 Å². The third-order valence-corrected chi connectivity index (χ3v) is 9.96. The number of hydrogen-bond acceptors (Lipinski definition) is 10. The number of sulfone groups is 1. The highest BCUT2D eigenvalue weighted by atomic mass is 32.2. The highest BCUT2D eigenvalue weighted by molar-refractivity contribution is 7.90. The van der Waals surface area contributed by atoms with E-state index in [1.807, 2.05) is 19.1 Å². The van der Waals surface area contributed by atoms with E-state index in [0.717, 1.165) is 11.6 Å². The maximum atomic E-state index is 12.9. The van der Waals surface area contributed by atoms with Gasteiger partial charge in [-0.25, -0.2) is 8.42 Å². The predicted octanol–water partition coefficient (Wildman–Crippen LogP) is 8.48. The Hall–Kier alpha value is -5.31. The van der Waals surface area contributed by atoms with Gasteiger partial charge in [-0.05, 0) is 91.4 Å². The summed E-state index contributed by atoms with van der Waals surface area (Å²) in [6.45, 7) is 6.70. The average molecular weight is 686 g/mol. The number of aryl methyl sites for hydroxylation is 3. The molecule has 5 aromatic rings. The average Bonchev–Trinajstić information content (AvgIpc) is 3.01. The monoisotopic (exact) mass is 685 g/mol. The Balaban J connectivity index is 1.41. The Morgan fingerprint density at radius 2 is 1.38 bits per heavy atom. The molecule has 0 bridgehead atoms. The second-order valence-corrected chi connectivity index (χ2v) is 14.6. The second-order valence-electron chi connectivity index (χ2n) is 11.2. The largest absolute Gasteiger partial charge is 0.505 e. The van der Waals surface area contributed by atoms with Gasteiger partial charge in [0.05, 0.1) is 33.4 Å². The lowest BCUT2D eigenvalue weighted by atomic mass is 10.1. The van der Waals surface area contributed by atoms with Gasteiger partial charge in [-0.1, -0.05) is 42.0 Å². The van der Waals surface area contributed by atoms with Crippen molar-refractivity contribution in [1.29, 1.82) is 0 Å². The van der Waals surface area contributed by atoms with Crippen molar-refractivity contribution in [2.45, 2.75) is 43.2 Å². The van der Waals surface area contributed by atoms with Gasteiger partial charge in [-0.2, -0.15) is 23.8 Å². The van der Waals surface area contributed by atoms with Gasteiger partial charge >= 0.3 is 0 Å². The van der Waals surface area contributed by atoms with Crippen LogP contribution < -0.4 is 5.32 Å². The lowest BCUT2D eigenvalue weighted by Crippen LogP contribution is -2.06. The van der Waals surface area contributed by atoms with E-state index >= 15 is 0 Å². The minimum absolute atomic E-state index is 0.119. The van der Waals surface area contributed by atoms with Crippen molar-refractivity contribution >= 4 is 65.1 Å². The van der Waals surface area contributed by atoms with Gasteiger partial charge in [0, 0.05) is 12.3 Å². The maximum absolute atomic E-state index is 12.9. The van der Waals surface area contributed by atoms with E-state index in [4.69, 9.17) is 0 Å². The quantitative estimate of drug-likeness (QED) is 0.102. The fourth-order valence-electron chi connectivity index (χ4n) is 4.91. The molecule has 12 nitrogen and oxygen atoms in total. The van der Waals surface area contributed by atoms with E-state index < -0.39 is 42.2 Å². The fourth-order valence-corrected chi connectivity index (χ4v) is 6.92. The van der Waals surface area contributed by atoms with E-state index in [9.17, 15) is 31.3 Å². The number of nitrogens with one attached hydrogen (secondary N) is 1. The number of aromatic hydroxyl groups is 1. The molecule has 5 rings (SSSR count). The number of phenolic OH excluding ortho intramolecular Hbond substituents is 1. The van der Waals surface area contributed by atoms with Crippen LogP contribution >= 0.6 is 0 Å². The third-order valence-electron chi connectivity index (χ3n) is 7.38. The molecular formula is C34H31N5O7S2.